The van der Waals surface area contributed by atoms with Crippen LogP contribution in [0.5, 0.6) is 11.5 Å². The summed E-state index contributed by atoms with van der Waals surface area (Å²) in [6, 6.07) is 8.57. The first kappa shape index (κ1) is 24.0. The predicted octanol–water partition coefficient (Wildman–Crippen LogP) is 4.35. The Morgan fingerprint density at radius 1 is 1.23 bits per heavy atom. The molecule has 0 bridgehead atoms. The fourth-order valence-electron chi connectivity index (χ4n) is 2.70. The fourth-order valence-corrected chi connectivity index (χ4v) is 2.88. The molecule has 0 unspecified atom stereocenters. The smallest absolute Gasteiger partial charge is 0.240 e. The number of rotatable bonds is 10. The molecule has 0 aliphatic heterocycles. The quantitative estimate of drug-likeness (QED) is 0.288. The minimum absolute atomic E-state index is 0.00400. The van der Waals surface area contributed by atoms with Crippen molar-refractivity contribution in [2.75, 3.05) is 11.9 Å². The van der Waals surface area contributed by atoms with Gasteiger partial charge in [-0.25, -0.2) is 5.43 Å². The van der Waals surface area contributed by atoms with E-state index in [1.165, 1.54) is 6.21 Å². The summed E-state index contributed by atoms with van der Waals surface area (Å²) in [4.78, 5) is 24.0. The molecule has 0 radical (unpaired) electrons. The Hall–Kier alpha value is -3.32. The third kappa shape index (κ3) is 7.46. The molecule has 0 heterocycles. The van der Waals surface area contributed by atoms with Gasteiger partial charge in [0.2, 0.25) is 11.8 Å². The van der Waals surface area contributed by atoms with Gasteiger partial charge in [-0.15, -0.1) is 6.58 Å². The van der Waals surface area contributed by atoms with Crippen LogP contribution in [0, 0.1) is 6.92 Å². The molecule has 0 fully saturated rings. The number of hydrazone groups is 1. The van der Waals surface area contributed by atoms with E-state index < -0.39 is 5.91 Å². The first-order valence-electron chi connectivity index (χ1n) is 9.81. The number of anilines is 1. The molecule has 31 heavy (non-hydrogen) atoms. The number of nitrogens with one attached hydrogen (secondary N) is 2. The van der Waals surface area contributed by atoms with Crippen molar-refractivity contribution in [3.05, 3.63) is 64.7 Å². The highest BCUT2D eigenvalue weighted by molar-refractivity contribution is 6.31. The summed E-state index contributed by atoms with van der Waals surface area (Å²) in [6.07, 6.45) is 3.55. The van der Waals surface area contributed by atoms with Gasteiger partial charge in [-0.05, 0) is 55.7 Å². The molecule has 0 aliphatic carbocycles. The SMILES string of the molecule is C=CCc1cc(/C=N/NC(=O)CCC(=O)Nc2ccc(C)c(Cl)c2)cc(OCC)c1O. The zero-order valence-corrected chi connectivity index (χ0v) is 18.3. The molecule has 0 atom stereocenters. The second-order valence-corrected chi connectivity index (χ2v) is 7.17. The van der Waals surface area contributed by atoms with Crippen LogP contribution >= 0.6 is 11.6 Å². The van der Waals surface area contributed by atoms with Gasteiger partial charge in [-0.3, -0.25) is 9.59 Å². The molecule has 0 saturated heterocycles. The van der Waals surface area contributed by atoms with Crippen molar-refractivity contribution < 1.29 is 19.4 Å². The first-order valence-corrected chi connectivity index (χ1v) is 10.2. The number of carbonyl (C=O) groups is 2. The second-order valence-electron chi connectivity index (χ2n) is 6.76. The molecule has 2 aromatic carbocycles. The van der Waals surface area contributed by atoms with Gasteiger partial charge in [0.15, 0.2) is 11.5 Å². The number of aryl methyl sites for hydroxylation is 1. The molecule has 164 valence electrons. The molecule has 8 heteroatoms. The Balaban J connectivity index is 1.89. The average Bonchev–Trinajstić information content (AvgIpc) is 2.73. The minimum Gasteiger partial charge on any atom is -0.504 e. The van der Waals surface area contributed by atoms with E-state index in [9.17, 15) is 14.7 Å². The molecule has 2 amide bonds. The monoisotopic (exact) mass is 443 g/mol. The van der Waals surface area contributed by atoms with Gasteiger partial charge in [0, 0.05) is 29.1 Å². The summed E-state index contributed by atoms with van der Waals surface area (Å²) in [6.45, 7) is 7.76. The van der Waals surface area contributed by atoms with E-state index in [2.05, 4.69) is 22.4 Å². The number of allylic oxidation sites excluding steroid dienone is 1. The molecule has 2 aromatic rings. The number of phenols is 1. The van der Waals surface area contributed by atoms with Crippen molar-refractivity contribution in [3.8, 4) is 11.5 Å². The summed E-state index contributed by atoms with van der Waals surface area (Å²) in [5, 5.41) is 17.4. The summed E-state index contributed by atoms with van der Waals surface area (Å²) >= 11 is 6.04. The fraction of sp³-hybridized carbons (Fsp3) is 0.261. The standard InChI is InChI=1S/C23H26ClN3O4/c1-4-6-17-11-16(12-20(23(17)30)31-5-2)14-25-27-22(29)10-9-21(28)26-18-8-7-15(3)19(24)13-18/h4,7-8,11-14,30H,1,5-6,9-10H2,2-3H3,(H,26,28)(H,27,29)/b25-14+. The number of phenolic OH excluding ortho intramolecular Hbond substituents is 1. The summed E-state index contributed by atoms with van der Waals surface area (Å²) in [5.41, 5.74) is 5.16. The molecule has 0 saturated carbocycles. The number of ether oxygens (including phenoxy) is 1. The number of nitrogens with zero attached hydrogens (tertiary/aromatic N) is 1. The largest absolute Gasteiger partial charge is 0.504 e. The zero-order valence-electron chi connectivity index (χ0n) is 17.6. The molecule has 2 rings (SSSR count). The maximum absolute atomic E-state index is 12.0. The summed E-state index contributed by atoms with van der Waals surface area (Å²) in [5.74, 6) is -0.303. The van der Waals surface area contributed by atoms with Crippen LogP contribution < -0.4 is 15.5 Å². The first-order chi connectivity index (χ1) is 14.8. The molecule has 0 aromatic heterocycles. The van der Waals surface area contributed by atoms with E-state index in [4.69, 9.17) is 16.3 Å². The maximum Gasteiger partial charge on any atom is 0.240 e. The van der Waals surface area contributed by atoms with Crippen molar-refractivity contribution in [2.45, 2.75) is 33.1 Å². The lowest BCUT2D eigenvalue weighted by molar-refractivity contribution is -0.124. The molecular formula is C23H26ClN3O4. The Bertz CT molecular complexity index is 989. The normalized spacial score (nSPS) is 10.7. The van der Waals surface area contributed by atoms with Crippen LogP contribution in [-0.4, -0.2) is 29.7 Å². The lowest BCUT2D eigenvalue weighted by Gasteiger charge is -2.10. The summed E-state index contributed by atoms with van der Waals surface area (Å²) in [7, 11) is 0. The van der Waals surface area contributed by atoms with Crippen LogP contribution in [0.15, 0.2) is 48.1 Å². The lowest BCUT2D eigenvalue weighted by atomic mass is 10.1. The van der Waals surface area contributed by atoms with Gasteiger partial charge >= 0.3 is 0 Å². The van der Waals surface area contributed by atoms with E-state index in [1.54, 1.807) is 36.4 Å². The highest BCUT2D eigenvalue weighted by Gasteiger charge is 2.10. The highest BCUT2D eigenvalue weighted by atomic mass is 35.5. The van der Waals surface area contributed by atoms with Crippen LogP contribution in [0.3, 0.4) is 0 Å². The Labute approximate surface area is 186 Å². The summed E-state index contributed by atoms with van der Waals surface area (Å²) < 4.78 is 5.43. The van der Waals surface area contributed by atoms with Gasteiger partial charge in [-0.2, -0.15) is 5.10 Å². The topological polar surface area (TPSA) is 100 Å². The van der Waals surface area contributed by atoms with Crippen LogP contribution in [0.4, 0.5) is 5.69 Å². The highest BCUT2D eigenvalue weighted by Crippen LogP contribution is 2.32. The van der Waals surface area contributed by atoms with Crippen LogP contribution in [0.1, 0.15) is 36.5 Å². The average molecular weight is 444 g/mol. The van der Waals surface area contributed by atoms with Gasteiger partial charge in [-0.1, -0.05) is 23.7 Å². The number of amides is 2. The van der Waals surface area contributed by atoms with E-state index >= 15 is 0 Å². The Kier molecular flexibility index (Phi) is 9.09. The molecule has 3 N–H and O–H groups in total. The predicted molar refractivity (Wildman–Crippen MR) is 123 cm³/mol. The number of hydrogen-bond acceptors (Lipinski definition) is 5. The third-order valence-electron chi connectivity index (χ3n) is 4.28. The second kappa shape index (κ2) is 11.8. The number of carbonyl (C=O) groups excluding carboxylic acids is 2. The van der Waals surface area contributed by atoms with Gasteiger partial charge in [0.05, 0.1) is 12.8 Å². The van der Waals surface area contributed by atoms with Gasteiger partial charge in [0.1, 0.15) is 0 Å². The molecule has 7 nitrogen and oxygen atoms in total. The number of aromatic hydroxyl groups is 1. The van der Waals surface area contributed by atoms with Gasteiger partial charge in [0.25, 0.3) is 0 Å². The van der Waals surface area contributed by atoms with E-state index in [1.807, 2.05) is 13.8 Å². The van der Waals surface area contributed by atoms with Crippen LogP contribution in [-0.2, 0) is 16.0 Å². The molecular weight excluding hydrogens is 418 g/mol. The van der Waals surface area contributed by atoms with Crippen LogP contribution in [0.2, 0.25) is 5.02 Å². The van der Waals surface area contributed by atoms with Crippen molar-refractivity contribution in [1.29, 1.82) is 0 Å². The maximum atomic E-state index is 12.0. The zero-order chi connectivity index (χ0) is 22.8. The van der Waals surface area contributed by atoms with E-state index in [0.717, 1.165) is 5.56 Å². The van der Waals surface area contributed by atoms with Crippen molar-refractivity contribution >= 4 is 35.3 Å². The van der Waals surface area contributed by atoms with Gasteiger partial charge < -0.3 is 15.2 Å². The van der Waals surface area contributed by atoms with Crippen molar-refractivity contribution in [3.63, 3.8) is 0 Å². The lowest BCUT2D eigenvalue weighted by Crippen LogP contribution is -2.20. The molecule has 0 spiro atoms. The van der Waals surface area contributed by atoms with E-state index in [0.29, 0.717) is 40.6 Å². The third-order valence-corrected chi connectivity index (χ3v) is 4.69. The number of halogens is 1. The van der Waals surface area contributed by atoms with Crippen molar-refractivity contribution in [2.24, 2.45) is 5.10 Å². The number of benzene rings is 2. The van der Waals surface area contributed by atoms with Crippen molar-refractivity contribution in [1.82, 2.24) is 5.43 Å². The molecule has 0 aliphatic rings. The van der Waals surface area contributed by atoms with E-state index in [-0.39, 0.29) is 24.5 Å². The Morgan fingerprint density at radius 3 is 2.65 bits per heavy atom. The minimum atomic E-state index is -0.400. The van der Waals surface area contributed by atoms with Crippen LogP contribution in [0.25, 0.3) is 0 Å². The Morgan fingerprint density at radius 2 is 1.97 bits per heavy atom. The number of hydrogen-bond donors (Lipinski definition) is 3.